The fourth-order valence-corrected chi connectivity index (χ4v) is 4.19. The molecule has 1 aromatic heterocycles. The lowest BCUT2D eigenvalue weighted by molar-refractivity contribution is -0.386. The molecule has 4 rings (SSSR count). The molecule has 2 aromatic rings. The van der Waals surface area contributed by atoms with E-state index >= 15 is 0 Å². The number of hydrogen-bond acceptors (Lipinski definition) is 6. The van der Waals surface area contributed by atoms with Crippen LogP contribution in [0.5, 0.6) is 0 Å². The summed E-state index contributed by atoms with van der Waals surface area (Å²) in [6, 6.07) is 12.3. The fraction of sp³-hybridized carbons (Fsp3) is 0.250. The van der Waals surface area contributed by atoms with Crippen molar-refractivity contribution in [3.05, 3.63) is 70.0 Å². The van der Waals surface area contributed by atoms with Crippen molar-refractivity contribution in [3.8, 4) is 0 Å². The van der Waals surface area contributed by atoms with Gasteiger partial charge in [0.15, 0.2) is 5.17 Å². The molecule has 0 spiro atoms. The Morgan fingerprint density at radius 2 is 2.04 bits per heavy atom. The van der Waals surface area contributed by atoms with E-state index in [1.165, 1.54) is 0 Å². The van der Waals surface area contributed by atoms with E-state index in [1.54, 1.807) is 30.1 Å². The SMILES string of the molecule is O=[N+]([O-])c1ccccc1C1C(c2ccccn2)N=C2SCCN21. The summed E-state index contributed by atoms with van der Waals surface area (Å²) in [5.74, 6) is 0.963. The molecular weight excluding hydrogens is 312 g/mol. The Kier molecular flexibility index (Phi) is 3.49. The van der Waals surface area contributed by atoms with Crippen LogP contribution in [0.25, 0.3) is 0 Å². The first-order valence-electron chi connectivity index (χ1n) is 7.37. The molecule has 0 bridgehead atoms. The predicted octanol–water partition coefficient (Wildman–Crippen LogP) is 3.19. The molecule has 1 fully saturated rings. The van der Waals surface area contributed by atoms with Gasteiger partial charge in [-0.2, -0.15) is 0 Å². The number of aliphatic imine (C=N–C) groups is 1. The first kappa shape index (κ1) is 14.2. The number of fused-ring (bicyclic) bond motifs is 1. The van der Waals surface area contributed by atoms with E-state index in [9.17, 15) is 10.1 Å². The number of pyridine rings is 1. The van der Waals surface area contributed by atoms with Crippen molar-refractivity contribution in [2.45, 2.75) is 12.1 Å². The van der Waals surface area contributed by atoms with Gasteiger partial charge in [-0.05, 0) is 18.2 Å². The second kappa shape index (κ2) is 5.66. The van der Waals surface area contributed by atoms with E-state index in [0.717, 1.165) is 23.2 Å². The number of amidine groups is 1. The van der Waals surface area contributed by atoms with Crippen molar-refractivity contribution in [2.24, 2.45) is 4.99 Å². The van der Waals surface area contributed by atoms with Gasteiger partial charge in [-0.1, -0.05) is 30.0 Å². The molecular formula is C16H14N4O2S. The van der Waals surface area contributed by atoms with Crippen molar-refractivity contribution in [2.75, 3.05) is 12.3 Å². The predicted molar refractivity (Wildman–Crippen MR) is 89.4 cm³/mol. The van der Waals surface area contributed by atoms with Crippen LogP contribution >= 0.6 is 11.8 Å². The summed E-state index contributed by atoms with van der Waals surface area (Å²) in [7, 11) is 0. The topological polar surface area (TPSA) is 71.6 Å². The number of thioether (sulfide) groups is 1. The van der Waals surface area contributed by atoms with E-state index in [1.807, 2.05) is 30.3 Å². The van der Waals surface area contributed by atoms with Crippen LogP contribution in [0.2, 0.25) is 0 Å². The van der Waals surface area contributed by atoms with Gasteiger partial charge in [-0.15, -0.1) is 0 Å². The first-order valence-corrected chi connectivity index (χ1v) is 8.36. The van der Waals surface area contributed by atoms with Gasteiger partial charge in [-0.25, -0.2) is 0 Å². The van der Waals surface area contributed by atoms with Gasteiger partial charge in [0.2, 0.25) is 0 Å². The van der Waals surface area contributed by atoms with Crippen LogP contribution in [0.15, 0.2) is 53.7 Å². The lowest BCUT2D eigenvalue weighted by Crippen LogP contribution is -2.27. The Morgan fingerprint density at radius 1 is 1.22 bits per heavy atom. The van der Waals surface area contributed by atoms with Crippen LogP contribution in [-0.4, -0.2) is 32.3 Å². The second-order valence-corrected chi connectivity index (χ2v) is 6.48. The molecule has 0 aliphatic carbocycles. The Hall–Kier alpha value is -2.41. The Labute approximate surface area is 137 Å². The zero-order valence-electron chi connectivity index (χ0n) is 12.2. The minimum Gasteiger partial charge on any atom is -0.341 e. The molecule has 0 radical (unpaired) electrons. The summed E-state index contributed by atoms with van der Waals surface area (Å²) in [5.41, 5.74) is 1.69. The maximum absolute atomic E-state index is 11.4. The third-order valence-corrected chi connectivity index (χ3v) is 5.12. The largest absolute Gasteiger partial charge is 0.341 e. The average Bonchev–Trinajstić information content (AvgIpc) is 3.16. The lowest BCUT2D eigenvalue weighted by atomic mass is 9.95. The van der Waals surface area contributed by atoms with Crippen LogP contribution in [-0.2, 0) is 0 Å². The van der Waals surface area contributed by atoms with Gasteiger partial charge in [0, 0.05) is 24.6 Å². The number of para-hydroxylation sites is 1. The van der Waals surface area contributed by atoms with Gasteiger partial charge in [0.25, 0.3) is 5.69 Å². The van der Waals surface area contributed by atoms with Crippen molar-refractivity contribution in [3.63, 3.8) is 0 Å². The zero-order chi connectivity index (χ0) is 15.8. The van der Waals surface area contributed by atoms with Crippen LogP contribution in [0, 0.1) is 10.1 Å². The summed E-state index contributed by atoms with van der Waals surface area (Å²) in [6.45, 7) is 0.851. The molecule has 0 amide bonds. The second-order valence-electron chi connectivity index (χ2n) is 5.41. The smallest absolute Gasteiger partial charge is 0.274 e. The molecule has 0 N–H and O–H groups in total. The number of hydrogen-bond donors (Lipinski definition) is 0. The van der Waals surface area contributed by atoms with Gasteiger partial charge in [-0.3, -0.25) is 20.1 Å². The molecule has 2 aliphatic heterocycles. The Morgan fingerprint density at radius 3 is 2.83 bits per heavy atom. The highest BCUT2D eigenvalue weighted by atomic mass is 32.2. The Bertz CT molecular complexity index is 781. The minimum atomic E-state index is -0.313. The monoisotopic (exact) mass is 326 g/mol. The van der Waals surface area contributed by atoms with E-state index in [-0.39, 0.29) is 22.7 Å². The molecule has 2 atom stereocenters. The van der Waals surface area contributed by atoms with Gasteiger partial charge in [0.05, 0.1) is 22.2 Å². The van der Waals surface area contributed by atoms with Crippen molar-refractivity contribution in [1.29, 1.82) is 0 Å². The van der Waals surface area contributed by atoms with Crippen molar-refractivity contribution < 1.29 is 4.92 Å². The van der Waals surface area contributed by atoms with E-state index < -0.39 is 0 Å². The molecule has 1 saturated heterocycles. The van der Waals surface area contributed by atoms with Crippen LogP contribution < -0.4 is 0 Å². The summed E-state index contributed by atoms with van der Waals surface area (Å²) >= 11 is 1.70. The zero-order valence-corrected chi connectivity index (χ0v) is 13.0. The maximum atomic E-state index is 11.4. The van der Waals surface area contributed by atoms with Gasteiger partial charge >= 0.3 is 0 Å². The van der Waals surface area contributed by atoms with Crippen molar-refractivity contribution in [1.82, 2.24) is 9.88 Å². The van der Waals surface area contributed by atoms with Crippen molar-refractivity contribution >= 4 is 22.6 Å². The normalized spacial score (nSPS) is 22.8. The maximum Gasteiger partial charge on any atom is 0.274 e. The van der Waals surface area contributed by atoms with Crippen LogP contribution in [0.1, 0.15) is 23.3 Å². The molecule has 116 valence electrons. The van der Waals surface area contributed by atoms with Crippen LogP contribution in [0.4, 0.5) is 5.69 Å². The van der Waals surface area contributed by atoms with E-state index in [2.05, 4.69) is 9.88 Å². The molecule has 0 saturated carbocycles. The highest BCUT2D eigenvalue weighted by molar-refractivity contribution is 8.14. The van der Waals surface area contributed by atoms with Gasteiger partial charge in [0.1, 0.15) is 6.04 Å². The summed E-state index contributed by atoms with van der Waals surface area (Å²) in [4.78, 5) is 22.5. The molecule has 3 heterocycles. The first-order chi connectivity index (χ1) is 11.3. The number of aromatic nitrogens is 1. The van der Waals surface area contributed by atoms with E-state index in [0.29, 0.717) is 5.56 Å². The summed E-state index contributed by atoms with van der Waals surface area (Å²) in [6.07, 6.45) is 1.74. The lowest BCUT2D eigenvalue weighted by Gasteiger charge is -2.26. The quantitative estimate of drug-likeness (QED) is 0.640. The number of benzene rings is 1. The van der Waals surface area contributed by atoms with E-state index in [4.69, 9.17) is 4.99 Å². The molecule has 23 heavy (non-hydrogen) atoms. The Balaban J connectivity index is 1.83. The third kappa shape index (κ3) is 2.37. The summed E-state index contributed by atoms with van der Waals surface area (Å²) in [5, 5.41) is 12.4. The summed E-state index contributed by atoms with van der Waals surface area (Å²) < 4.78 is 0. The fourth-order valence-electron chi connectivity index (χ4n) is 3.16. The molecule has 2 unspecified atom stereocenters. The third-order valence-electron chi connectivity index (χ3n) is 4.14. The standard InChI is InChI=1S/C16H14N4O2S/c21-20(22)13-7-2-1-5-11(13)15-14(12-6-3-4-8-17-12)18-16-19(15)9-10-23-16/h1-8,14-15H,9-10H2. The molecule has 2 aliphatic rings. The number of nitrogens with zero attached hydrogens (tertiary/aromatic N) is 4. The number of nitro groups is 1. The minimum absolute atomic E-state index is 0.145. The average molecular weight is 326 g/mol. The number of rotatable bonds is 3. The number of nitro benzene ring substituents is 1. The molecule has 1 aromatic carbocycles. The van der Waals surface area contributed by atoms with Crippen LogP contribution in [0.3, 0.4) is 0 Å². The van der Waals surface area contributed by atoms with Gasteiger partial charge < -0.3 is 4.90 Å². The molecule has 7 heteroatoms. The highest BCUT2D eigenvalue weighted by Gasteiger charge is 2.43. The highest BCUT2D eigenvalue weighted by Crippen LogP contribution is 2.47. The molecule has 6 nitrogen and oxygen atoms in total.